The largest absolute Gasteiger partial charge is 0.467 e. The van der Waals surface area contributed by atoms with E-state index < -0.39 is 0 Å². The monoisotopic (exact) mass is 317 g/mol. The third-order valence-electron chi connectivity index (χ3n) is 3.93. The third kappa shape index (κ3) is 2.56. The van der Waals surface area contributed by atoms with Gasteiger partial charge in [-0.05, 0) is 23.3 Å². The highest BCUT2D eigenvalue weighted by Gasteiger charge is 2.24. The van der Waals surface area contributed by atoms with Gasteiger partial charge in [-0.15, -0.1) is 0 Å². The van der Waals surface area contributed by atoms with Crippen molar-refractivity contribution in [1.29, 1.82) is 0 Å². The first kappa shape index (κ1) is 14.3. The Kier molecular flexibility index (Phi) is 3.59. The van der Waals surface area contributed by atoms with Crippen LogP contribution in [0.1, 0.15) is 16.9 Å². The van der Waals surface area contributed by atoms with Crippen LogP contribution in [0.15, 0.2) is 76.4 Å². The van der Waals surface area contributed by atoms with Crippen molar-refractivity contribution in [3.63, 3.8) is 0 Å². The highest BCUT2D eigenvalue weighted by Crippen LogP contribution is 2.36. The molecule has 118 valence electrons. The van der Waals surface area contributed by atoms with Gasteiger partial charge >= 0.3 is 6.03 Å². The molecule has 1 heterocycles. The molecule has 5 nitrogen and oxygen atoms in total. The molecule has 0 unspecified atom stereocenters. The van der Waals surface area contributed by atoms with Crippen molar-refractivity contribution >= 4 is 11.7 Å². The molecular formula is C19H15N3O2. The molecular weight excluding hydrogens is 302 g/mol. The number of hydrogen-bond acceptors (Lipinski definition) is 3. The zero-order chi connectivity index (χ0) is 16.4. The number of benzene rings is 2. The van der Waals surface area contributed by atoms with Crippen molar-refractivity contribution in [3.05, 3.63) is 83.8 Å². The van der Waals surface area contributed by atoms with E-state index in [1.165, 1.54) is 0 Å². The van der Waals surface area contributed by atoms with Gasteiger partial charge in [0.15, 0.2) is 0 Å². The lowest BCUT2D eigenvalue weighted by Crippen LogP contribution is -2.32. The fourth-order valence-electron chi connectivity index (χ4n) is 2.84. The number of rotatable bonds is 3. The van der Waals surface area contributed by atoms with Crippen molar-refractivity contribution in [3.8, 4) is 11.1 Å². The number of carbonyl (C=O) groups excluding carboxylic acids is 1. The van der Waals surface area contributed by atoms with Gasteiger partial charge in [0.1, 0.15) is 5.76 Å². The first-order valence-corrected chi connectivity index (χ1v) is 7.66. The van der Waals surface area contributed by atoms with Crippen molar-refractivity contribution < 1.29 is 9.21 Å². The average Bonchev–Trinajstić information content (AvgIpc) is 3.25. The van der Waals surface area contributed by atoms with Crippen LogP contribution in [0.25, 0.3) is 11.1 Å². The van der Waals surface area contributed by atoms with Crippen molar-refractivity contribution in [1.82, 2.24) is 10.7 Å². The molecule has 0 saturated carbocycles. The zero-order valence-electron chi connectivity index (χ0n) is 12.8. The predicted octanol–water partition coefficient (Wildman–Crippen LogP) is 3.51. The Balaban J connectivity index is 1.55. The number of hydrogen-bond donors (Lipinski definition) is 2. The van der Waals surface area contributed by atoms with Crippen molar-refractivity contribution in [2.24, 2.45) is 5.10 Å². The molecule has 4 rings (SSSR count). The maximum Gasteiger partial charge on any atom is 0.335 e. The molecule has 1 aromatic heterocycles. The lowest BCUT2D eigenvalue weighted by molar-refractivity contribution is 0.240. The van der Waals surface area contributed by atoms with Gasteiger partial charge in [0.05, 0.1) is 18.5 Å². The summed E-state index contributed by atoms with van der Waals surface area (Å²) in [6.45, 7) is 0.316. The van der Waals surface area contributed by atoms with Gasteiger partial charge < -0.3 is 9.73 Å². The molecule has 0 bridgehead atoms. The zero-order valence-corrected chi connectivity index (χ0v) is 12.8. The Morgan fingerprint density at radius 2 is 1.50 bits per heavy atom. The molecule has 0 spiro atoms. The SMILES string of the molecule is O=C(NCc1ccco1)NN=C1c2ccccc2-c2ccccc21. The molecule has 1 aliphatic carbocycles. The summed E-state index contributed by atoms with van der Waals surface area (Å²) in [5.41, 5.74) is 7.63. The quantitative estimate of drug-likeness (QED) is 0.568. The summed E-state index contributed by atoms with van der Waals surface area (Å²) >= 11 is 0. The molecule has 2 N–H and O–H groups in total. The molecule has 24 heavy (non-hydrogen) atoms. The van der Waals surface area contributed by atoms with Gasteiger partial charge in [0.2, 0.25) is 0 Å². The van der Waals surface area contributed by atoms with Gasteiger partial charge in [-0.2, -0.15) is 5.10 Å². The normalized spacial score (nSPS) is 11.6. The van der Waals surface area contributed by atoms with E-state index in [0.29, 0.717) is 12.3 Å². The number of urea groups is 1. The number of fused-ring (bicyclic) bond motifs is 3. The molecule has 0 atom stereocenters. The Hall–Kier alpha value is -3.34. The highest BCUT2D eigenvalue weighted by atomic mass is 16.3. The van der Waals surface area contributed by atoms with E-state index in [9.17, 15) is 4.79 Å². The summed E-state index contributed by atoms with van der Waals surface area (Å²) in [6, 6.07) is 19.3. The van der Waals surface area contributed by atoms with Crippen LogP contribution in [0.2, 0.25) is 0 Å². The topological polar surface area (TPSA) is 66.6 Å². The van der Waals surface area contributed by atoms with Gasteiger partial charge in [0, 0.05) is 11.1 Å². The molecule has 0 aliphatic heterocycles. The summed E-state index contributed by atoms with van der Waals surface area (Å²) in [6.07, 6.45) is 1.57. The van der Waals surface area contributed by atoms with E-state index >= 15 is 0 Å². The number of furan rings is 1. The maximum absolute atomic E-state index is 11.9. The Bertz CT molecular complexity index is 866. The number of nitrogens with one attached hydrogen (secondary N) is 2. The molecule has 5 heteroatoms. The van der Waals surface area contributed by atoms with E-state index in [1.54, 1.807) is 18.4 Å². The second kappa shape index (κ2) is 6.04. The second-order valence-electron chi connectivity index (χ2n) is 5.43. The number of hydrazone groups is 1. The van der Waals surface area contributed by atoms with Crippen LogP contribution in [0.3, 0.4) is 0 Å². The summed E-state index contributed by atoms with van der Waals surface area (Å²) < 4.78 is 5.18. The van der Waals surface area contributed by atoms with Gasteiger partial charge in [-0.25, -0.2) is 10.2 Å². The molecule has 2 aromatic carbocycles. The van der Waals surface area contributed by atoms with Gasteiger partial charge in [-0.1, -0.05) is 48.5 Å². The van der Waals surface area contributed by atoms with Crippen molar-refractivity contribution in [2.75, 3.05) is 0 Å². The summed E-state index contributed by atoms with van der Waals surface area (Å²) in [4.78, 5) is 11.9. The minimum absolute atomic E-state index is 0.316. The smallest absolute Gasteiger partial charge is 0.335 e. The predicted molar refractivity (Wildman–Crippen MR) is 91.6 cm³/mol. The van der Waals surface area contributed by atoms with Gasteiger partial charge in [0.25, 0.3) is 0 Å². The summed E-state index contributed by atoms with van der Waals surface area (Å²) in [5.74, 6) is 0.689. The molecule has 2 amide bonds. The van der Waals surface area contributed by atoms with Crippen LogP contribution in [-0.2, 0) is 6.54 Å². The Morgan fingerprint density at radius 3 is 2.08 bits per heavy atom. The Morgan fingerprint density at radius 1 is 0.875 bits per heavy atom. The third-order valence-corrected chi connectivity index (χ3v) is 3.93. The summed E-state index contributed by atoms with van der Waals surface area (Å²) in [5, 5.41) is 7.04. The molecule has 0 fully saturated rings. The fourth-order valence-corrected chi connectivity index (χ4v) is 2.84. The van der Waals surface area contributed by atoms with Gasteiger partial charge in [-0.3, -0.25) is 0 Å². The Labute approximate surface area is 139 Å². The van der Waals surface area contributed by atoms with Crippen LogP contribution in [0.5, 0.6) is 0 Å². The number of amides is 2. The van der Waals surface area contributed by atoms with E-state index in [1.807, 2.05) is 36.4 Å². The molecule has 1 aliphatic rings. The van der Waals surface area contributed by atoms with Crippen LogP contribution in [-0.4, -0.2) is 11.7 Å². The van der Waals surface area contributed by atoms with Crippen molar-refractivity contribution in [2.45, 2.75) is 6.54 Å². The highest BCUT2D eigenvalue weighted by molar-refractivity contribution is 6.24. The standard InChI is InChI=1S/C19H15N3O2/c23-19(20-12-13-6-5-11-24-13)22-21-18-16-9-3-1-7-14(16)15-8-2-4-10-17(15)18/h1-11H,12H2,(H2,20,22,23). The van der Waals surface area contributed by atoms with E-state index in [2.05, 4.69) is 28.0 Å². The minimum atomic E-state index is -0.374. The number of nitrogens with zero attached hydrogens (tertiary/aromatic N) is 1. The lowest BCUT2D eigenvalue weighted by Gasteiger charge is -2.04. The maximum atomic E-state index is 11.9. The lowest BCUT2D eigenvalue weighted by atomic mass is 10.1. The second-order valence-corrected chi connectivity index (χ2v) is 5.43. The van der Waals surface area contributed by atoms with E-state index in [0.717, 1.165) is 28.0 Å². The fraction of sp³-hybridized carbons (Fsp3) is 0.0526. The molecule has 3 aromatic rings. The van der Waals surface area contributed by atoms with Crippen LogP contribution in [0.4, 0.5) is 4.79 Å². The van der Waals surface area contributed by atoms with E-state index in [4.69, 9.17) is 4.42 Å². The molecule has 0 saturated heterocycles. The first-order valence-electron chi connectivity index (χ1n) is 7.66. The minimum Gasteiger partial charge on any atom is -0.467 e. The summed E-state index contributed by atoms with van der Waals surface area (Å²) in [7, 11) is 0. The number of carbonyl (C=O) groups is 1. The van der Waals surface area contributed by atoms with E-state index in [-0.39, 0.29) is 6.03 Å². The van der Waals surface area contributed by atoms with Crippen LogP contribution < -0.4 is 10.7 Å². The molecule has 0 radical (unpaired) electrons. The van der Waals surface area contributed by atoms with Crippen LogP contribution >= 0.6 is 0 Å². The first-order chi connectivity index (χ1) is 11.8. The van der Waals surface area contributed by atoms with Crippen LogP contribution in [0, 0.1) is 0 Å². The average molecular weight is 317 g/mol.